The van der Waals surface area contributed by atoms with Gasteiger partial charge in [-0.2, -0.15) is 0 Å². The van der Waals surface area contributed by atoms with Gasteiger partial charge in [-0.05, 0) is 35.6 Å². The predicted octanol–water partition coefficient (Wildman–Crippen LogP) is 2.62. The summed E-state index contributed by atoms with van der Waals surface area (Å²) >= 11 is 3.05. The Morgan fingerprint density at radius 2 is 2.29 bits per heavy atom. The van der Waals surface area contributed by atoms with E-state index in [0.717, 1.165) is 39.1 Å². The van der Waals surface area contributed by atoms with E-state index < -0.39 is 0 Å². The Kier molecular flexibility index (Phi) is 4.03. The van der Waals surface area contributed by atoms with E-state index in [0.29, 0.717) is 18.7 Å². The smallest absolute Gasteiger partial charge is 0.261 e. The van der Waals surface area contributed by atoms with Crippen molar-refractivity contribution in [2.45, 2.75) is 12.8 Å². The Bertz CT molecular complexity index is 915. The molecule has 3 heterocycles. The van der Waals surface area contributed by atoms with Crippen LogP contribution in [0.15, 0.2) is 29.1 Å². The molecule has 3 aromatic rings. The van der Waals surface area contributed by atoms with Gasteiger partial charge in [0.25, 0.3) is 11.8 Å². The van der Waals surface area contributed by atoms with E-state index in [-0.39, 0.29) is 11.8 Å². The van der Waals surface area contributed by atoms with E-state index in [1.54, 1.807) is 16.8 Å². The standard InChI is InChI=1S/C17H15N3O2S2/c21-16(18-5-3-11-8-23-9-20-11)10-1-2-14-13(7-10)12-4-6-19-17(22)15(12)24-14/h1-2,7-9H,3-6H2,(H,18,21)(H,19,22). The normalized spacial score (nSPS) is 13.6. The van der Waals surface area contributed by atoms with E-state index in [9.17, 15) is 9.59 Å². The van der Waals surface area contributed by atoms with Crippen molar-refractivity contribution in [3.63, 3.8) is 0 Å². The molecule has 0 aliphatic carbocycles. The highest BCUT2D eigenvalue weighted by atomic mass is 32.1. The summed E-state index contributed by atoms with van der Waals surface area (Å²) in [6.07, 6.45) is 1.54. The van der Waals surface area contributed by atoms with Crippen molar-refractivity contribution in [2.75, 3.05) is 13.1 Å². The van der Waals surface area contributed by atoms with Gasteiger partial charge in [0.1, 0.15) is 0 Å². The summed E-state index contributed by atoms with van der Waals surface area (Å²) in [4.78, 5) is 29.3. The molecular weight excluding hydrogens is 342 g/mol. The first-order valence-corrected chi connectivity index (χ1v) is 9.47. The lowest BCUT2D eigenvalue weighted by atomic mass is 10.0. The van der Waals surface area contributed by atoms with Gasteiger partial charge in [0, 0.05) is 35.2 Å². The molecule has 5 nitrogen and oxygen atoms in total. The zero-order valence-corrected chi connectivity index (χ0v) is 14.4. The summed E-state index contributed by atoms with van der Waals surface area (Å²) in [6, 6.07) is 5.66. The molecule has 0 saturated heterocycles. The van der Waals surface area contributed by atoms with E-state index in [4.69, 9.17) is 0 Å². The van der Waals surface area contributed by atoms with Crippen molar-refractivity contribution >= 4 is 44.6 Å². The highest BCUT2D eigenvalue weighted by Gasteiger charge is 2.22. The van der Waals surface area contributed by atoms with Gasteiger partial charge < -0.3 is 10.6 Å². The highest BCUT2D eigenvalue weighted by Crippen LogP contribution is 2.33. The zero-order chi connectivity index (χ0) is 16.5. The van der Waals surface area contributed by atoms with Crippen molar-refractivity contribution in [1.82, 2.24) is 15.6 Å². The molecule has 1 aromatic carbocycles. The number of carbonyl (C=O) groups excluding carboxylic acids is 2. The second-order valence-corrected chi connectivity index (χ2v) is 7.38. The zero-order valence-electron chi connectivity index (χ0n) is 12.8. The molecule has 4 rings (SSSR count). The van der Waals surface area contributed by atoms with E-state index in [1.807, 2.05) is 23.6 Å². The van der Waals surface area contributed by atoms with Crippen LogP contribution in [-0.2, 0) is 12.8 Å². The fraction of sp³-hybridized carbons (Fsp3) is 0.235. The lowest BCUT2D eigenvalue weighted by molar-refractivity contribution is 0.0944. The molecule has 1 aliphatic heterocycles. The highest BCUT2D eigenvalue weighted by molar-refractivity contribution is 7.21. The van der Waals surface area contributed by atoms with Crippen LogP contribution in [0.5, 0.6) is 0 Å². The minimum Gasteiger partial charge on any atom is -0.352 e. The molecule has 0 saturated carbocycles. The maximum Gasteiger partial charge on any atom is 0.261 e. The minimum atomic E-state index is -0.0904. The number of carbonyl (C=O) groups is 2. The van der Waals surface area contributed by atoms with Crippen LogP contribution in [0.2, 0.25) is 0 Å². The molecule has 1 aliphatic rings. The Balaban J connectivity index is 1.53. The summed E-state index contributed by atoms with van der Waals surface area (Å²) in [5, 5.41) is 8.81. The fourth-order valence-electron chi connectivity index (χ4n) is 2.87. The number of benzene rings is 1. The van der Waals surface area contributed by atoms with Gasteiger partial charge in [-0.25, -0.2) is 4.98 Å². The van der Waals surface area contributed by atoms with E-state index in [1.165, 1.54) is 11.3 Å². The molecule has 0 bridgehead atoms. The Morgan fingerprint density at radius 3 is 3.12 bits per heavy atom. The van der Waals surface area contributed by atoms with Crippen molar-refractivity contribution in [2.24, 2.45) is 0 Å². The molecule has 7 heteroatoms. The third-order valence-electron chi connectivity index (χ3n) is 4.07. The molecule has 24 heavy (non-hydrogen) atoms. The maximum absolute atomic E-state index is 12.4. The third-order valence-corrected chi connectivity index (χ3v) is 5.92. The molecule has 0 radical (unpaired) electrons. The average Bonchev–Trinajstić information content (AvgIpc) is 3.22. The number of rotatable bonds is 4. The minimum absolute atomic E-state index is 0.00767. The number of amides is 2. The van der Waals surface area contributed by atoms with E-state index in [2.05, 4.69) is 15.6 Å². The molecule has 0 spiro atoms. The predicted molar refractivity (Wildman–Crippen MR) is 96.0 cm³/mol. The number of thiazole rings is 1. The van der Waals surface area contributed by atoms with Crippen LogP contribution in [0.3, 0.4) is 0 Å². The van der Waals surface area contributed by atoms with Gasteiger partial charge in [0.05, 0.1) is 16.1 Å². The van der Waals surface area contributed by atoms with E-state index >= 15 is 0 Å². The number of fused-ring (bicyclic) bond motifs is 3. The van der Waals surface area contributed by atoms with Crippen LogP contribution in [0.4, 0.5) is 0 Å². The SMILES string of the molecule is O=C(NCCc1cscn1)c1ccc2sc3c(c2c1)CCNC3=O. The van der Waals surface area contributed by atoms with Gasteiger partial charge in [-0.15, -0.1) is 22.7 Å². The summed E-state index contributed by atoms with van der Waals surface area (Å²) in [5.74, 6) is -0.0981. The Labute approximate surface area is 146 Å². The van der Waals surface area contributed by atoms with Gasteiger partial charge >= 0.3 is 0 Å². The number of hydrogen-bond donors (Lipinski definition) is 2. The number of aromatic nitrogens is 1. The van der Waals surface area contributed by atoms with Gasteiger partial charge in [-0.1, -0.05) is 0 Å². The number of nitrogens with zero attached hydrogens (tertiary/aromatic N) is 1. The molecule has 2 amide bonds. The van der Waals surface area contributed by atoms with Crippen molar-refractivity contribution in [3.8, 4) is 0 Å². The summed E-state index contributed by atoms with van der Waals surface area (Å²) < 4.78 is 1.05. The lowest BCUT2D eigenvalue weighted by Crippen LogP contribution is -2.30. The van der Waals surface area contributed by atoms with Crippen molar-refractivity contribution < 1.29 is 9.59 Å². The monoisotopic (exact) mass is 357 g/mol. The average molecular weight is 357 g/mol. The van der Waals surface area contributed by atoms with Crippen LogP contribution in [-0.4, -0.2) is 29.9 Å². The first-order chi connectivity index (χ1) is 11.7. The number of nitrogens with one attached hydrogen (secondary N) is 2. The van der Waals surface area contributed by atoms with Gasteiger partial charge in [0.15, 0.2) is 0 Å². The van der Waals surface area contributed by atoms with Crippen molar-refractivity contribution in [1.29, 1.82) is 0 Å². The molecule has 0 unspecified atom stereocenters. The summed E-state index contributed by atoms with van der Waals surface area (Å²) in [5.41, 5.74) is 4.48. The first kappa shape index (κ1) is 15.3. The van der Waals surface area contributed by atoms with Gasteiger partial charge in [0.2, 0.25) is 0 Å². The van der Waals surface area contributed by atoms with Crippen LogP contribution >= 0.6 is 22.7 Å². The molecule has 2 N–H and O–H groups in total. The first-order valence-electron chi connectivity index (χ1n) is 7.71. The number of thiophene rings is 1. The Hall–Kier alpha value is -2.25. The van der Waals surface area contributed by atoms with Gasteiger partial charge in [-0.3, -0.25) is 9.59 Å². The van der Waals surface area contributed by atoms with Crippen molar-refractivity contribution in [3.05, 3.63) is 50.8 Å². The largest absolute Gasteiger partial charge is 0.352 e. The number of hydrogen-bond acceptors (Lipinski definition) is 5. The fourth-order valence-corrected chi connectivity index (χ4v) is 4.61. The molecular formula is C17H15N3O2S2. The Morgan fingerprint density at radius 1 is 1.38 bits per heavy atom. The van der Waals surface area contributed by atoms with Crippen LogP contribution in [0.1, 0.15) is 31.3 Å². The topological polar surface area (TPSA) is 71.1 Å². The lowest BCUT2D eigenvalue weighted by Gasteiger charge is -2.12. The molecule has 122 valence electrons. The third kappa shape index (κ3) is 2.81. The van der Waals surface area contributed by atoms with Crippen LogP contribution < -0.4 is 10.6 Å². The second-order valence-electron chi connectivity index (χ2n) is 5.61. The summed E-state index contributed by atoms with van der Waals surface area (Å²) in [7, 11) is 0. The molecule has 2 aromatic heterocycles. The molecule has 0 fully saturated rings. The maximum atomic E-state index is 12.4. The second kappa shape index (κ2) is 6.33. The summed E-state index contributed by atoms with van der Waals surface area (Å²) in [6.45, 7) is 1.21. The quantitative estimate of drug-likeness (QED) is 0.754. The van der Waals surface area contributed by atoms with Crippen LogP contribution in [0.25, 0.3) is 10.1 Å². The molecule has 0 atom stereocenters. The van der Waals surface area contributed by atoms with Crippen LogP contribution in [0, 0.1) is 0 Å².